The predicted octanol–water partition coefficient (Wildman–Crippen LogP) is 3.92. The summed E-state index contributed by atoms with van der Waals surface area (Å²) < 4.78 is 44.7. The summed E-state index contributed by atoms with van der Waals surface area (Å²) in [6.45, 7) is 1.27. The first kappa shape index (κ1) is 19.3. The molecule has 0 aromatic heterocycles. The molecule has 1 atom stereocenters. The zero-order valence-corrected chi connectivity index (χ0v) is 14.3. The second-order valence-electron chi connectivity index (χ2n) is 6.75. The van der Waals surface area contributed by atoms with Crippen LogP contribution in [0.1, 0.15) is 31.2 Å². The average molecular weight is 389 g/mol. The van der Waals surface area contributed by atoms with E-state index < -0.39 is 33.0 Å². The van der Waals surface area contributed by atoms with Crippen LogP contribution < -0.4 is 4.90 Å². The molecule has 1 unspecified atom stereocenters. The van der Waals surface area contributed by atoms with Crippen LogP contribution in [0.25, 0.3) is 0 Å². The van der Waals surface area contributed by atoms with E-state index in [-0.39, 0.29) is 30.8 Å². The van der Waals surface area contributed by atoms with Gasteiger partial charge in [-0.15, -0.1) is 0 Å². The second kappa shape index (κ2) is 7.29. The molecule has 0 saturated carbocycles. The number of rotatable bonds is 4. The number of nitro benzene ring substituents is 2. The van der Waals surface area contributed by atoms with Gasteiger partial charge in [0.25, 0.3) is 11.4 Å². The molecule has 0 spiro atoms. The van der Waals surface area contributed by atoms with E-state index in [1.807, 2.05) is 0 Å². The Morgan fingerprint density at radius 2 is 1.59 bits per heavy atom. The van der Waals surface area contributed by atoms with E-state index in [0.717, 1.165) is 12.8 Å². The molecular weight excluding hydrogens is 371 g/mol. The number of hydrogen-bond donors (Lipinski definition) is 0. The van der Waals surface area contributed by atoms with Crippen LogP contribution in [0, 0.1) is 26.1 Å². The minimum absolute atomic E-state index is 0.115. The van der Waals surface area contributed by atoms with Crippen molar-refractivity contribution >= 4 is 17.1 Å². The number of ether oxygens (including phenoxy) is 1. The van der Waals surface area contributed by atoms with E-state index in [4.69, 9.17) is 4.74 Å². The number of nitrogens with zero attached hydrogens (tertiary/aromatic N) is 3. The molecule has 2 aliphatic rings. The zero-order chi connectivity index (χ0) is 19.8. The van der Waals surface area contributed by atoms with E-state index in [2.05, 4.69) is 0 Å². The first-order chi connectivity index (χ1) is 12.7. The highest BCUT2D eigenvalue weighted by Gasteiger charge is 2.40. The van der Waals surface area contributed by atoms with Gasteiger partial charge in [-0.25, -0.2) is 0 Å². The SMILES string of the molecule is O=[N+]([O-])c1cc(C(F)(F)F)cc([N+](=O)[O-])c1N1CCC(C2CCCO2)CC1. The standard InChI is InChI=1S/C16H18F3N3O5/c17-16(18,19)11-8-12(21(23)24)15(13(9-11)22(25)26)20-5-3-10(4-6-20)14-2-1-7-27-14/h8-10,14H,1-7H2. The molecule has 2 saturated heterocycles. The van der Waals surface area contributed by atoms with Gasteiger partial charge in [0.2, 0.25) is 0 Å². The lowest BCUT2D eigenvalue weighted by atomic mass is 9.89. The maximum Gasteiger partial charge on any atom is 0.416 e. The fraction of sp³-hybridized carbons (Fsp3) is 0.625. The molecule has 11 heteroatoms. The van der Waals surface area contributed by atoms with Gasteiger partial charge in [-0.1, -0.05) is 0 Å². The van der Waals surface area contributed by atoms with E-state index >= 15 is 0 Å². The molecule has 148 valence electrons. The largest absolute Gasteiger partial charge is 0.416 e. The van der Waals surface area contributed by atoms with E-state index in [9.17, 15) is 33.4 Å². The number of nitro groups is 2. The monoisotopic (exact) mass is 389 g/mol. The summed E-state index contributed by atoms with van der Waals surface area (Å²) >= 11 is 0. The van der Waals surface area contributed by atoms with Crippen molar-refractivity contribution in [1.82, 2.24) is 0 Å². The van der Waals surface area contributed by atoms with Crippen LogP contribution >= 0.6 is 0 Å². The van der Waals surface area contributed by atoms with E-state index in [0.29, 0.717) is 31.6 Å². The van der Waals surface area contributed by atoms with Gasteiger partial charge in [0.1, 0.15) is 0 Å². The molecule has 1 aromatic carbocycles. The highest BCUT2D eigenvalue weighted by Crippen LogP contribution is 2.44. The van der Waals surface area contributed by atoms with Gasteiger partial charge >= 0.3 is 6.18 Å². The summed E-state index contributed by atoms with van der Waals surface area (Å²) in [6.07, 6.45) is -1.67. The van der Waals surface area contributed by atoms with Gasteiger partial charge in [0.05, 0.1) is 21.5 Å². The Bertz CT molecular complexity index is 706. The Labute approximate surface area is 152 Å². The summed E-state index contributed by atoms with van der Waals surface area (Å²) in [5.41, 5.74) is -3.55. The lowest BCUT2D eigenvalue weighted by Crippen LogP contribution is -2.38. The Balaban J connectivity index is 1.94. The van der Waals surface area contributed by atoms with Crippen molar-refractivity contribution < 1.29 is 27.8 Å². The third kappa shape index (κ3) is 3.97. The third-order valence-corrected chi connectivity index (χ3v) is 5.14. The summed E-state index contributed by atoms with van der Waals surface area (Å²) in [5.74, 6) is 0.247. The van der Waals surface area contributed by atoms with Crippen molar-refractivity contribution in [2.75, 3.05) is 24.6 Å². The van der Waals surface area contributed by atoms with Crippen molar-refractivity contribution in [2.45, 2.75) is 38.0 Å². The summed E-state index contributed by atoms with van der Waals surface area (Å²) in [4.78, 5) is 22.2. The summed E-state index contributed by atoms with van der Waals surface area (Å²) in [6, 6.07) is 0.739. The Morgan fingerprint density at radius 1 is 1.04 bits per heavy atom. The van der Waals surface area contributed by atoms with E-state index in [1.165, 1.54) is 4.90 Å². The molecule has 0 aliphatic carbocycles. The van der Waals surface area contributed by atoms with Crippen LogP contribution in [0.4, 0.5) is 30.2 Å². The molecule has 8 nitrogen and oxygen atoms in total. The van der Waals surface area contributed by atoms with Gasteiger partial charge in [-0.05, 0) is 31.6 Å². The Kier molecular flexibility index (Phi) is 5.22. The molecule has 1 aromatic rings. The van der Waals surface area contributed by atoms with Crippen LogP contribution in [0.5, 0.6) is 0 Å². The molecule has 27 heavy (non-hydrogen) atoms. The molecular formula is C16H18F3N3O5. The van der Waals surface area contributed by atoms with Crippen molar-refractivity contribution in [2.24, 2.45) is 5.92 Å². The molecule has 0 amide bonds. The van der Waals surface area contributed by atoms with Gasteiger partial charge in [-0.3, -0.25) is 20.2 Å². The van der Waals surface area contributed by atoms with Crippen LogP contribution in [-0.4, -0.2) is 35.6 Å². The number of alkyl halides is 3. The molecule has 2 heterocycles. The average Bonchev–Trinajstić information content (AvgIpc) is 3.14. The highest BCUT2D eigenvalue weighted by molar-refractivity contribution is 5.76. The smallest absolute Gasteiger partial charge is 0.378 e. The maximum absolute atomic E-state index is 13.0. The Morgan fingerprint density at radius 3 is 2.00 bits per heavy atom. The zero-order valence-electron chi connectivity index (χ0n) is 14.3. The normalized spacial score (nSPS) is 21.4. The molecule has 2 fully saturated rings. The molecule has 0 radical (unpaired) electrons. The number of hydrogen-bond acceptors (Lipinski definition) is 6. The summed E-state index contributed by atoms with van der Waals surface area (Å²) in [7, 11) is 0. The van der Waals surface area contributed by atoms with Crippen molar-refractivity contribution in [1.29, 1.82) is 0 Å². The molecule has 0 N–H and O–H groups in total. The Hall–Kier alpha value is -2.43. The lowest BCUT2D eigenvalue weighted by Gasteiger charge is -2.35. The first-order valence-electron chi connectivity index (χ1n) is 8.59. The second-order valence-corrected chi connectivity index (χ2v) is 6.75. The fourth-order valence-electron chi connectivity index (χ4n) is 3.84. The van der Waals surface area contributed by atoms with Gasteiger partial charge < -0.3 is 9.64 Å². The van der Waals surface area contributed by atoms with E-state index in [1.54, 1.807) is 0 Å². The van der Waals surface area contributed by atoms with Gasteiger partial charge in [0.15, 0.2) is 5.69 Å². The third-order valence-electron chi connectivity index (χ3n) is 5.14. The van der Waals surface area contributed by atoms with Crippen LogP contribution in [0.2, 0.25) is 0 Å². The minimum Gasteiger partial charge on any atom is -0.378 e. The number of benzene rings is 1. The minimum atomic E-state index is -4.92. The maximum atomic E-state index is 13.0. The first-order valence-corrected chi connectivity index (χ1v) is 8.59. The number of halogens is 3. The van der Waals surface area contributed by atoms with Crippen molar-refractivity contribution in [3.63, 3.8) is 0 Å². The molecule has 2 aliphatic heterocycles. The van der Waals surface area contributed by atoms with Gasteiger partial charge in [-0.2, -0.15) is 13.2 Å². The highest BCUT2D eigenvalue weighted by atomic mass is 19.4. The quantitative estimate of drug-likeness (QED) is 0.572. The van der Waals surface area contributed by atoms with Crippen molar-refractivity contribution in [3.05, 3.63) is 37.9 Å². The number of anilines is 1. The molecule has 0 bridgehead atoms. The lowest BCUT2D eigenvalue weighted by molar-refractivity contribution is -0.393. The van der Waals surface area contributed by atoms with Crippen molar-refractivity contribution in [3.8, 4) is 0 Å². The topological polar surface area (TPSA) is 98.8 Å². The van der Waals surface area contributed by atoms with Gasteiger partial charge in [0, 0.05) is 31.8 Å². The predicted molar refractivity (Wildman–Crippen MR) is 88.7 cm³/mol. The number of piperidine rings is 1. The van der Waals surface area contributed by atoms with Crippen LogP contribution in [-0.2, 0) is 10.9 Å². The fourth-order valence-corrected chi connectivity index (χ4v) is 3.84. The summed E-state index contributed by atoms with van der Waals surface area (Å²) in [5, 5.41) is 22.7. The van der Waals surface area contributed by atoms with Crippen LogP contribution in [0.3, 0.4) is 0 Å². The van der Waals surface area contributed by atoms with Crippen LogP contribution in [0.15, 0.2) is 12.1 Å². The molecule has 3 rings (SSSR count).